The maximum atomic E-state index is 12.0. The van der Waals surface area contributed by atoms with Crippen LogP contribution in [0.2, 0.25) is 0 Å². The highest BCUT2D eigenvalue weighted by Gasteiger charge is 2.33. The van der Waals surface area contributed by atoms with E-state index in [9.17, 15) is 4.79 Å². The average Bonchev–Trinajstić information content (AvgIpc) is 3.00. The summed E-state index contributed by atoms with van der Waals surface area (Å²) >= 11 is 5.55. The molecule has 24 heavy (non-hydrogen) atoms. The number of hydrogen-bond acceptors (Lipinski definition) is 5. The molecule has 1 aliphatic heterocycles. The first kappa shape index (κ1) is 17.2. The van der Waals surface area contributed by atoms with Gasteiger partial charge in [-0.2, -0.15) is 5.01 Å². The van der Waals surface area contributed by atoms with Crippen LogP contribution in [0.15, 0.2) is 46.2 Å². The van der Waals surface area contributed by atoms with Gasteiger partial charge >= 0.3 is 0 Å². The van der Waals surface area contributed by atoms with E-state index in [-0.39, 0.29) is 5.91 Å². The van der Waals surface area contributed by atoms with E-state index < -0.39 is 6.23 Å². The minimum absolute atomic E-state index is 0.205. The zero-order valence-corrected chi connectivity index (χ0v) is 16.6. The average molecular weight is 502 g/mol. The van der Waals surface area contributed by atoms with E-state index in [0.29, 0.717) is 11.5 Å². The minimum Gasteiger partial charge on any atom is -0.496 e. The fourth-order valence-electron chi connectivity index (χ4n) is 2.27. The molecule has 0 N–H and O–H groups in total. The molecule has 124 valence electrons. The molecule has 2 aromatic rings. The van der Waals surface area contributed by atoms with Gasteiger partial charge in [0.25, 0.3) is 0 Å². The third-order valence-electron chi connectivity index (χ3n) is 3.38. The van der Waals surface area contributed by atoms with Gasteiger partial charge < -0.3 is 9.47 Å². The Hall–Kier alpha value is -1.68. The third-order valence-corrected chi connectivity index (χ3v) is 4.66. The number of benzene rings is 1. The summed E-state index contributed by atoms with van der Waals surface area (Å²) in [6.45, 7) is 1.45. The summed E-state index contributed by atoms with van der Waals surface area (Å²) in [5.41, 5.74) is 1.51. The van der Waals surface area contributed by atoms with Gasteiger partial charge in [0.05, 0.1) is 16.2 Å². The Balaban J connectivity index is 1.95. The molecule has 6 nitrogen and oxygen atoms in total. The van der Waals surface area contributed by atoms with Crippen LogP contribution >= 0.6 is 38.5 Å². The van der Waals surface area contributed by atoms with Crippen LogP contribution < -0.4 is 4.74 Å². The van der Waals surface area contributed by atoms with Gasteiger partial charge in [0.15, 0.2) is 0 Å². The lowest BCUT2D eigenvalue weighted by molar-refractivity contribution is -0.135. The van der Waals surface area contributed by atoms with Gasteiger partial charge in [0.2, 0.25) is 18.0 Å². The molecule has 1 unspecified atom stereocenters. The van der Waals surface area contributed by atoms with Gasteiger partial charge in [-0.1, -0.05) is 0 Å². The molecule has 0 fully saturated rings. The van der Waals surface area contributed by atoms with E-state index in [4.69, 9.17) is 9.47 Å². The summed E-state index contributed by atoms with van der Waals surface area (Å²) in [5.74, 6) is 0.919. The first-order chi connectivity index (χ1) is 11.5. The molecular weight excluding hydrogens is 489 g/mol. The van der Waals surface area contributed by atoms with Gasteiger partial charge in [-0.05, 0) is 62.8 Å². The van der Waals surface area contributed by atoms with E-state index in [1.54, 1.807) is 19.5 Å². The highest BCUT2D eigenvalue weighted by Crippen LogP contribution is 2.33. The fourth-order valence-corrected chi connectivity index (χ4v) is 3.39. The first-order valence-electron chi connectivity index (χ1n) is 6.99. The van der Waals surface area contributed by atoms with Crippen LogP contribution in [-0.2, 0) is 9.53 Å². The van der Waals surface area contributed by atoms with E-state index in [1.165, 1.54) is 11.9 Å². The quantitative estimate of drug-likeness (QED) is 0.601. The molecule has 0 aliphatic carbocycles. The third kappa shape index (κ3) is 3.39. The van der Waals surface area contributed by atoms with Crippen LogP contribution in [-0.4, -0.2) is 28.9 Å². The van der Waals surface area contributed by atoms with Gasteiger partial charge in [0, 0.05) is 29.4 Å². The molecule has 0 saturated heterocycles. The molecule has 0 bridgehead atoms. The Labute approximate surface area is 161 Å². The Kier molecular flexibility index (Phi) is 5.04. The standard InChI is InChI=1S/C16H13BrIN3O3/c1-9(22)21-16(10-3-4-14(23-2)13(18)6-10)24-15(20-21)11-5-12(17)8-19-7-11/h3-8,16H,1-2H3. The van der Waals surface area contributed by atoms with Crippen molar-refractivity contribution >= 4 is 50.3 Å². The van der Waals surface area contributed by atoms with Crippen molar-refractivity contribution in [3.8, 4) is 5.75 Å². The lowest BCUT2D eigenvalue weighted by Gasteiger charge is -2.20. The van der Waals surface area contributed by atoms with E-state index in [0.717, 1.165) is 19.4 Å². The zero-order valence-electron chi connectivity index (χ0n) is 12.9. The number of carbonyl (C=O) groups is 1. The molecule has 1 aromatic carbocycles. The number of carbonyl (C=O) groups excluding carboxylic acids is 1. The molecule has 0 saturated carbocycles. The lowest BCUT2D eigenvalue weighted by atomic mass is 10.2. The number of pyridine rings is 1. The SMILES string of the molecule is COc1ccc(C2OC(c3cncc(Br)c3)=NN2C(C)=O)cc1I. The number of amides is 1. The Bertz CT molecular complexity index is 828. The smallest absolute Gasteiger partial charge is 0.243 e. The highest BCUT2D eigenvalue weighted by molar-refractivity contribution is 14.1. The molecule has 2 heterocycles. The van der Waals surface area contributed by atoms with Crippen molar-refractivity contribution in [3.63, 3.8) is 0 Å². The van der Waals surface area contributed by atoms with Crippen molar-refractivity contribution in [3.05, 3.63) is 55.8 Å². The van der Waals surface area contributed by atoms with Gasteiger partial charge in [-0.3, -0.25) is 9.78 Å². The van der Waals surface area contributed by atoms with Crippen LogP contribution in [0.3, 0.4) is 0 Å². The van der Waals surface area contributed by atoms with E-state index in [2.05, 4.69) is 48.6 Å². The number of halogens is 2. The number of aromatic nitrogens is 1. The Morgan fingerprint density at radius 1 is 1.38 bits per heavy atom. The summed E-state index contributed by atoms with van der Waals surface area (Å²) in [4.78, 5) is 16.1. The number of ether oxygens (including phenoxy) is 2. The van der Waals surface area contributed by atoms with Crippen LogP contribution in [0.4, 0.5) is 0 Å². The number of hydrazone groups is 1. The Morgan fingerprint density at radius 3 is 2.79 bits per heavy atom. The first-order valence-corrected chi connectivity index (χ1v) is 8.86. The number of rotatable bonds is 3. The van der Waals surface area contributed by atoms with Gasteiger partial charge in [0.1, 0.15) is 5.75 Å². The van der Waals surface area contributed by atoms with Crippen LogP contribution in [0.1, 0.15) is 24.3 Å². The molecule has 0 spiro atoms. The van der Waals surface area contributed by atoms with Crippen molar-refractivity contribution in [2.75, 3.05) is 7.11 Å². The van der Waals surface area contributed by atoms with Crippen molar-refractivity contribution < 1.29 is 14.3 Å². The zero-order chi connectivity index (χ0) is 17.3. The number of hydrogen-bond donors (Lipinski definition) is 0. The molecule has 1 atom stereocenters. The van der Waals surface area contributed by atoms with E-state index >= 15 is 0 Å². The summed E-state index contributed by atoms with van der Waals surface area (Å²) in [7, 11) is 1.62. The molecular formula is C16H13BrIN3O3. The largest absolute Gasteiger partial charge is 0.496 e. The molecule has 1 amide bonds. The lowest BCUT2D eigenvalue weighted by Crippen LogP contribution is -2.25. The van der Waals surface area contributed by atoms with E-state index in [1.807, 2.05) is 24.3 Å². The van der Waals surface area contributed by atoms with Crippen molar-refractivity contribution in [1.29, 1.82) is 0 Å². The Morgan fingerprint density at radius 2 is 2.17 bits per heavy atom. The maximum absolute atomic E-state index is 12.0. The normalized spacial score (nSPS) is 16.6. The molecule has 1 aliphatic rings. The number of methoxy groups -OCH3 is 1. The predicted molar refractivity (Wildman–Crippen MR) is 101 cm³/mol. The molecule has 1 aromatic heterocycles. The highest BCUT2D eigenvalue weighted by atomic mass is 127. The molecule has 8 heteroatoms. The van der Waals surface area contributed by atoms with Crippen LogP contribution in [0, 0.1) is 3.57 Å². The van der Waals surface area contributed by atoms with Crippen LogP contribution in [0.25, 0.3) is 0 Å². The summed E-state index contributed by atoms with van der Waals surface area (Å²) in [6, 6.07) is 7.46. The number of nitrogens with zero attached hydrogens (tertiary/aromatic N) is 3. The summed E-state index contributed by atoms with van der Waals surface area (Å²) in [6.07, 6.45) is 2.70. The van der Waals surface area contributed by atoms with Crippen molar-refractivity contribution in [1.82, 2.24) is 9.99 Å². The molecule has 3 rings (SSSR count). The second kappa shape index (κ2) is 7.06. The summed E-state index contributed by atoms with van der Waals surface area (Å²) in [5, 5.41) is 5.64. The summed E-state index contributed by atoms with van der Waals surface area (Å²) < 4.78 is 12.9. The second-order valence-electron chi connectivity index (χ2n) is 5.02. The molecule has 0 radical (unpaired) electrons. The fraction of sp³-hybridized carbons (Fsp3) is 0.188. The monoisotopic (exact) mass is 501 g/mol. The second-order valence-corrected chi connectivity index (χ2v) is 7.10. The van der Waals surface area contributed by atoms with Crippen LogP contribution in [0.5, 0.6) is 5.75 Å². The maximum Gasteiger partial charge on any atom is 0.243 e. The van der Waals surface area contributed by atoms with Crippen molar-refractivity contribution in [2.45, 2.75) is 13.2 Å². The van der Waals surface area contributed by atoms with Gasteiger partial charge in [-0.25, -0.2) is 0 Å². The predicted octanol–water partition coefficient (Wildman–Crippen LogP) is 3.70. The topological polar surface area (TPSA) is 64.0 Å². The minimum atomic E-state index is -0.615. The van der Waals surface area contributed by atoms with Gasteiger partial charge in [-0.15, -0.1) is 5.10 Å². The van der Waals surface area contributed by atoms with Crippen molar-refractivity contribution in [2.24, 2.45) is 5.10 Å².